The Morgan fingerprint density at radius 2 is 1.75 bits per heavy atom. The molecule has 0 N–H and O–H groups in total. The number of aryl methyl sites for hydroxylation is 1. The highest BCUT2D eigenvalue weighted by atomic mass is 32.2. The van der Waals surface area contributed by atoms with Crippen molar-refractivity contribution < 1.29 is 8.42 Å². The summed E-state index contributed by atoms with van der Waals surface area (Å²) in [5.74, 6) is 0. The van der Waals surface area contributed by atoms with Crippen molar-refractivity contribution in [2.45, 2.75) is 32.1 Å². The second kappa shape index (κ2) is 7.49. The molecule has 2 aromatic carbocycles. The lowest BCUT2D eigenvalue weighted by molar-refractivity contribution is 0.594. The van der Waals surface area contributed by atoms with Gasteiger partial charge in [0.05, 0.1) is 10.6 Å². The van der Waals surface area contributed by atoms with Crippen molar-refractivity contribution in [3.8, 4) is 0 Å². The number of rotatable bonds is 6. The zero-order chi connectivity index (χ0) is 17.7. The molecule has 0 heterocycles. The van der Waals surface area contributed by atoms with Crippen LogP contribution in [-0.2, 0) is 10.0 Å². The van der Waals surface area contributed by atoms with Crippen molar-refractivity contribution in [2.24, 2.45) is 0 Å². The van der Waals surface area contributed by atoms with E-state index in [1.54, 1.807) is 18.2 Å². The summed E-state index contributed by atoms with van der Waals surface area (Å²) in [7, 11) is -3.71. The maximum Gasteiger partial charge on any atom is 0.268 e. The van der Waals surface area contributed by atoms with Gasteiger partial charge in [0, 0.05) is 5.70 Å². The number of hydrogen-bond donors (Lipinski definition) is 0. The Labute approximate surface area is 145 Å². The predicted octanol–water partition coefficient (Wildman–Crippen LogP) is 5.15. The summed E-state index contributed by atoms with van der Waals surface area (Å²) in [6.45, 7) is 9.55. The van der Waals surface area contributed by atoms with Gasteiger partial charge >= 0.3 is 0 Å². The fourth-order valence-corrected chi connectivity index (χ4v) is 4.22. The number of sulfonamides is 1. The van der Waals surface area contributed by atoms with Gasteiger partial charge in [-0.25, -0.2) is 12.7 Å². The molecule has 2 aromatic rings. The Hall–Kier alpha value is -2.33. The van der Waals surface area contributed by atoms with Crippen LogP contribution in [0.5, 0.6) is 0 Å². The van der Waals surface area contributed by atoms with E-state index in [2.05, 4.69) is 6.58 Å². The molecule has 2 rings (SSSR count). The second-order valence-corrected chi connectivity index (χ2v) is 7.27. The molecule has 0 radical (unpaired) electrons. The zero-order valence-corrected chi connectivity index (χ0v) is 15.2. The van der Waals surface area contributed by atoms with Crippen LogP contribution in [0.1, 0.15) is 31.4 Å². The Morgan fingerprint density at radius 3 is 2.29 bits per heavy atom. The summed E-state index contributed by atoms with van der Waals surface area (Å²) >= 11 is 0. The largest absolute Gasteiger partial charge is 0.268 e. The van der Waals surface area contributed by atoms with Gasteiger partial charge in [-0.3, -0.25) is 0 Å². The van der Waals surface area contributed by atoms with Crippen molar-refractivity contribution in [1.82, 2.24) is 0 Å². The number of allylic oxidation sites excluding steroid dienone is 2. The molecule has 0 atom stereocenters. The van der Waals surface area contributed by atoms with E-state index in [9.17, 15) is 8.42 Å². The molecular weight excluding hydrogens is 318 g/mol. The fourth-order valence-electron chi connectivity index (χ4n) is 2.56. The van der Waals surface area contributed by atoms with Crippen molar-refractivity contribution in [3.05, 3.63) is 78.0 Å². The van der Waals surface area contributed by atoms with Crippen LogP contribution in [0.2, 0.25) is 0 Å². The summed E-state index contributed by atoms with van der Waals surface area (Å²) < 4.78 is 28.1. The van der Waals surface area contributed by atoms with Crippen LogP contribution in [0.4, 0.5) is 5.69 Å². The summed E-state index contributed by atoms with van der Waals surface area (Å²) in [4.78, 5) is 0.278. The monoisotopic (exact) mass is 341 g/mol. The standard InChI is InChI=1S/C20H23NO2S/c1-5-17-10-8-9-11-20(17)21(18(6-2)7-3)24(22,23)19-14-12-16(4)13-15-19/h5-6,8-15H,1,7H2,2-4H3/b18-6+. The summed E-state index contributed by atoms with van der Waals surface area (Å²) in [6.07, 6.45) is 4.12. The van der Waals surface area contributed by atoms with E-state index in [-0.39, 0.29) is 4.90 Å². The Kier molecular flexibility index (Phi) is 5.62. The molecule has 0 fully saturated rings. The van der Waals surface area contributed by atoms with Crippen LogP contribution in [0.15, 0.2) is 71.8 Å². The van der Waals surface area contributed by atoms with Gasteiger partial charge < -0.3 is 0 Å². The van der Waals surface area contributed by atoms with Crippen LogP contribution in [0.25, 0.3) is 6.08 Å². The van der Waals surface area contributed by atoms with Crippen LogP contribution in [-0.4, -0.2) is 8.42 Å². The van der Waals surface area contributed by atoms with E-state index in [0.717, 1.165) is 16.8 Å². The molecule has 4 heteroatoms. The molecule has 0 saturated carbocycles. The SMILES string of the molecule is C=Cc1ccccc1N(/C(=C/C)CC)S(=O)(=O)c1ccc(C)cc1. The number of anilines is 1. The smallest absolute Gasteiger partial charge is 0.238 e. The van der Waals surface area contributed by atoms with Gasteiger partial charge in [0.15, 0.2) is 0 Å². The first kappa shape index (κ1) is 18.0. The molecule has 0 saturated heterocycles. The van der Waals surface area contributed by atoms with Crippen LogP contribution >= 0.6 is 0 Å². The molecule has 24 heavy (non-hydrogen) atoms. The van der Waals surface area contributed by atoms with Gasteiger partial charge in [-0.1, -0.05) is 61.5 Å². The first-order chi connectivity index (χ1) is 11.5. The Balaban J connectivity index is 2.71. The van der Waals surface area contributed by atoms with E-state index in [1.165, 1.54) is 4.31 Å². The number of para-hydroxylation sites is 1. The van der Waals surface area contributed by atoms with Gasteiger partial charge in [0.25, 0.3) is 10.0 Å². The summed E-state index contributed by atoms with van der Waals surface area (Å²) in [6, 6.07) is 14.3. The maximum absolute atomic E-state index is 13.3. The third-order valence-electron chi connectivity index (χ3n) is 3.89. The highest BCUT2D eigenvalue weighted by Gasteiger charge is 2.28. The fraction of sp³-hybridized carbons (Fsp3) is 0.200. The van der Waals surface area contributed by atoms with Gasteiger partial charge in [-0.15, -0.1) is 0 Å². The minimum absolute atomic E-state index is 0.278. The number of hydrogen-bond acceptors (Lipinski definition) is 2. The average molecular weight is 341 g/mol. The summed E-state index contributed by atoms with van der Waals surface area (Å²) in [5, 5.41) is 0. The number of benzene rings is 2. The molecule has 0 aliphatic rings. The van der Waals surface area contributed by atoms with E-state index in [0.29, 0.717) is 12.1 Å². The maximum atomic E-state index is 13.3. The molecule has 0 aliphatic heterocycles. The third-order valence-corrected chi connectivity index (χ3v) is 5.67. The van der Waals surface area contributed by atoms with Gasteiger partial charge in [0.2, 0.25) is 0 Å². The minimum atomic E-state index is -3.71. The quantitative estimate of drug-likeness (QED) is 0.729. The van der Waals surface area contributed by atoms with Crippen molar-refractivity contribution in [3.63, 3.8) is 0 Å². The molecule has 0 amide bonds. The highest BCUT2D eigenvalue weighted by Crippen LogP contribution is 2.32. The molecule has 0 aliphatic carbocycles. The zero-order valence-electron chi connectivity index (χ0n) is 14.4. The van der Waals surface area contributed by atoms with E-state index in [4.69, 9.17) is 0 Å². The van der Waals surface area contributed by atoms with Crippen molar-refractivity contribution in [2.75, 3.05) is 4.31 Å². The molecular formula is C20H23NO2S. The van der Waals surface area contributed by atoms with Gasteiger partial charge in [-0.05, 0) is 44.0 Å². The van der Waals surface area contributed by atoms with Crippen molar-refractivity contribution >= 4 is 21.8 Å². The lowest BCUT2D eigenvalue weighted by Gasteiger charge is -2.28. The molecule has 126 valence electrons. The molecule has 0 spiro atoms. The predicted molar refractivity (Wildman–Crippen MR) is 101 cm³/mol. The van der Waals surface area contributed by atoms with Gasteiger partial charge in [-0.2, -0.15) is 0 Å². The van der Waals surface area contributed by atoms with Crippen LogP contribution in [0, 0.1) is 6.92 Å². The van der Waals surface area contributed by atoms with Crippen LogP contribution in [0.3, 0.4) is 0 Å². The minimum Gasteiger partial charge on any atom is -0.238 e. The molecule has 0 unspecified atom stereocenters. The van der Waals surface area contributed by atoms with E-state index in [1.807, 2.05) is 63.2 Å². The Morgan fingerprint density at radius 1 is 1.12 bits per heavy atom. The van der Waals surface area contributed by atoms with Crippen LogP contribution < -0.4 is 4.31 Å². The van der Waals surface area contributed by atoms with Gasteiger partial charge in [0.1, 0.15) is 0 Å². The normalized spacial score (nSPS) is 12.0. The summed E-state index contributed by atoms with van der Waals surface area (Å²) in [5.41, 5.74) is 3.14. The van der Waals surface area contributed by atoms with E-state index < -0.39 is 10.0 Å². The second-order valence-electron chi connectivity index (χ2n) is 5.48. The highest BCUT2D eigenvalue weighted by molar-refractivity contribution is 7.93. The van der Waals surface area contributed by atoms with E-state index >= 15 is 0 Å². The topological polar surface area (TPSA) is 37.4 Å². The lowest BCUT2D eigenvalue weighted by atomic mass is 10.1. The first-order valence-corrected chi connectivity index (χ1v) is 9.38. The average Bonchev–Trinajstić information content (AvgIpc) is 2.59. The first-order valence-electron chi connectivity index (χ1n) is 7.94. The molecule has 0 bridgehead atoms. The molecule has 3 nitrogen and oxygen atoms in total. The Bertz CT molecular complexity index is 849. The number of nitrogens with zero attached hydrogens (tertiary/aromatic N) is 1. The van der Waals surface area contributed by atoms with Crippen molar-refractivity contribution in [1.29, 1.82) is 0 Å². The molecule has 0 aromatic heterocycles. The lowest BCUT2D eigenvalue weighted by Crippen LogP contribution is -2.30. The third kappa shape index (κ3) is 3.44.